The van der Waals surface area contributed by atoms with Crippen LogP contribution in [-0.2, 0) is 4.79 Å². The van der Waals surface area contributed by atoms with Crippen molar-refractivity contribution in [2.75, 3.05) is 31.1 Å². The van der Waals surface area contributed by atoms with Crippen LogP contribution in [0.2, 0.25) is 0 Å². The molecule has 4 nitrogen and oxygen atoms in total. The minimum Gasteiger partial charge on any atom is -0.368 e. The molecule has 4 heteroatoms. The minimum atomic E-state index is 0.150. The first-order chi connectivity index (χ1) is 8.72. The lowest BCUT2D eigenvalue weighted by Crippen LogP contribution is -2.50. The summed E-state index contributed by atoms with van der Waals surface area (Å²) in [5.41, 5.74) is 1.20. The van der Waals surface area contributed by atoms with Crippen LogP contribution in [0.5, 0.6) is 0 Å². The van der Waals surface area contributed by atoms with Gasteiger partial charge in [0.05, 0.1) is 0 Å². The van der Waals surface area contributed by atoms with Gasteiger partial charge in [0.25, 0.3) is 0 Å². The van der Waals surface area contributed by atoms with E-state index in [1.54, 1.807) is 0 Å². The van der Waals surface area contributed by atoms with Gasteiger partial charge in [-0.15, -0.1) is 0 Å². The number of amides is 1. The molecule has 0 aromatic carbocycles. The first-order valence-corrected chi connectivity index (χ1v) is 6.66. The summed E-state index contributed by atoms with van der Waals surface area (Å²) in [6, 6.07) is 4.04. The Kier molecular flexibility index (Phi) is 4.18. The van der Waals surface area contributed by atoms with Gasteiger partial charge in [0, 0.05) is 50.2 Å². The van der Waals surface area contributed by atoms with Crippen LogP contribution in [0.4, 0.5) is 5.69 Å². The largest absolute Gasteiger partial charge is 0.368 e. The highest BCUT2D eigenvalue weighted by Gasteiger charge is 2.23. The van der Waals surface area contributed by atoms with E-state index in [-0.39, 0.29) is 5.92 Å². The average Bonchev–Trinajstić information content (AvgIpc) is 2.47. The van der Waals surface area contributed by atoms with Crippen molar-refractivity contribution in [3.05, 3.63) is 24.5 Å². The molecule has 0 bridgehead atoms. The number of anilines is 1. The summed E-state index contributed by atoms with van der Waals surface area (Å²) in [6.07, 6.45) is 4.54. The maximum atomic E-state index is 12.1. The fourth-order valence-electron chi connectivity index (χ4n) is 2.23. The van der Waals surface area contributed by atoms with Crippen LogP contribution in [0.25, 0.3) is 0 Å². The van der Waals surface area contributed by atoms with Gasteiger partial charge in [-0.3, -0.25) is 9.78 Å². The van der Waals surface area contributed by atoms with E-state index in [2.05, 4.69) is 16.8 Å². The SMILES string of the molecule is CC[C@@H](C)C(=O)N1CCN(c2ccncc2)CC1. The Morgan fingerprint density at radius 2 is 1.89 bits per heavy atom. The van der Waals surface area contributed by atoms with E-state index in [0.29, 0.717) is 5.91 Å². The highest BCUT2D eigenvalue weighted by atomic mass is 16.2. The molecule has 1 aliphatic heterocycles. The monoisotopic (exact) mass is 247 g/mol. The molecule has 1 aliphatic rings. The maximum absolute atomic E-state index is 12.1. The summed E-state index contributed by atoms with van der Waals surface area (Å²) in [4.78, 5) is 20.4. The van der Waals surface area contributed by atoms with Crippen LogP contribution < -0.4 is 4.90 Å². The molecule has 2 rings (SSSR count). The van der Waals surface area contributed by atoms with Gasteiger partial charge in [-0.2, -0.15) is 0 Å². The quantitative estimate of drug-likeness (QED) is 0.817. The second-order valence-electron chi connectivity index (χ2n) is 4.83. The van der Waals surface area contributed by atoms with E-state index >= 15 is 0 Å². The Labute approximate surface area is 109 Å². The van der Waals surface area contributed by atoms with Crippen molar-refractivity contribution in [2.45, 2.75) is 20.3 Å². The number of carbonyl (C=O) groups is 1. The zero-order valence-corrected chi connectivity index (χ0v) is 11.2. The second-order valence-corrected chi connectivity index (χ2v) is 4.83. The van der Waals surface area contributed by atoms with Gasteiger partial charge in [0.1, 0.15) is 0 Å². The van der Waals surface area contributed by atoms with E-state index in [1.165, 1.54) is 5.69 Å². The topological polar surface area (TPSA) is 36.4 Å². The van der Waals surface area contributed by atoms with Gasteiger partial charge in [0.2, 0.25) is 5.91 Å². The molecule has 0 aliphatic carbocycles. The van der Waals surface area contributed by atoms with Gasteiger partial charge in [-0.1, -0.05) is 13.8 Å². The van der Waals surface area contributed by atoms with Crippen molar-refractivity contribution < 1.29 is 4.79 Å². The standard InChI is InChI=1S/C14H21N3O/c1-3-12(2)14(18)17-10-8-16(9-11-17)13-4-6-15-7-5-13/h4-7,12H,3,8-11H2,1-2H3/t12-/m1/s1. The molecule has 1 amide bonds. The number of pyridine rings is 1. The van der Waals surface area contributed by atoms with Crippen LogP contribution in [0.15, 0.2) is 24.5 Å². The molecule has 0 unspecified atom stereocenters. The summed E-state index contributed by atoms with van der Waals surface area (Å²) in [5.74, 6) is 0.448. The fourth-order valence-corrected chi connectivity index (χ4v) is 2.23. The first-order valence-electron chi connectivity index (χ1n) is 6.66. The highest BCUT2D eigenvalue weighted by molar-refractivity contribution is 5.78. The maximum Gasteiger partial charge on any atom is 0.225 e. The molecule has 1 fully saturated rings. The third kappa shape index (κ3) is 2.81. The summed E-state index contributed by atoms with van der Waals surface area (Å²) in [5, 5.41) is 0. The zero-order chi connectivity index (χ0) is 13.0. The second kappa shape index (κ2) is 5.85. The normalized spacial score (nSPS) is 17.7. The van der Waals surface area contributed by atoms with Crippen LogP contribution in [-0.4, -0.2) is 42.0 Å². The molecule has 1 saturated heterocycles. The van der Waals surface area contributed by atoms with Gasteiger partial charge < -0.3 is 9.80 Å². The Morgan fingerprint density at radius 1 is 1.28 bits per heavy atom. The summed E-state index contributed by atoms with van der Waals surface area (Å²) in [6.45, 7) is 7.54. The molecular weight excluding hydrogens is 226 g/mol. The Bertz CT molecular complexity index is 385. The van der Waals surface area contributed by atoms with Crippen LogP contribution in [0.3, 0.4) is 0 Å². The molecule has 18 heavy (non-hydrogen) atoms. The van der Waals surface area contributed by atoms with E-state index in [1.807, 2.05) is 36.4 Å². The third-order valence-corrected chi connectivity index (χ3v) is 3.65. The van der Waals surface area contributed by atoms with E-state index in [9.17, 15) is 4.79 Å². The van der Waals surface area contributed by atoms with E-state index in [4.69, 9.17) is 0 Å². The summed E-state index contributed by atoms with van der Waals surface area (Å²) >= 11 is 0. The van der Waals surface area contributed by atoms with Crippen molar-refractivity contribution in [2.24, 2.45) is 5.92 Å². The fraction of sp³-hybridized carbons (Fsp3) is 0.571. The lowest BCUT2D eigenvalue weighted by Gasteiger charge is -2.37. The Balaban J connectivity index is 1.90. The summed E-state index contributed by atoms with van der Waals surface area (Å²) < 4.78 is 0. The third-order valence-electron chi connectivity index (χ3n) is 3.65. The van der Waals surface area contributed by atoms with Crippen molar-refractivity contribution >= 4 is 11.6 Å². The van der Waals surface area contributed by atoms with Gasteiger partial charge in [-0.05, 0) is 18.6 Å². The number of nitrogens with zero attached hydrogens (tertiary/aromatic N) is 3. The molecule has 1 aromatic rings. The zero-order valence-electron chi connectivity index (χ0n) is 11.2. The minimum absolute atomic E-state index is 0.150. The number of aromatic nitrogens is 1. The van der Waals surface area contributed by atoms with Crippen LogP contribution >= 0.6 is 0 Å². The lowest BCUT2D eigenvalue weighted by molar-refractivity contribution is -0.135. The summed E-state index contributed by atoms with van der Waals surface area (Å²) in [7, 11) is 0. The van der Waals surface area contributed by atoms with Crippen molar-refractivity contribution in [1.29, 1.82) is 0 Å². The number of hydrogen-bond acceptors (Lipinski definition) is 3. The van der Waals surface area contributed by atoms with Crippen molar-refractivity contribution in [1.82, 2.24) is 9.88 Å². The first kappa shape index (κ1) is 12.9. The Hall–Kier alpha value is -1.58. The molecule has 0 radical (unpaired) electrons. The number of hydrogen-bond donors (Lipinski definition) is 0. The number of rotatable bonds is 3. The smallest absolute Gasteiger partial charge is 0.225 e. The molecule has 2 heterocycles. The highest BCUT2D eigenvalue weighted by Crippen LogP contribution is 2.16. The Morgan fingerprint density at radius 3 is 2.44 bits per heavy atom. The van der Waals surface area contributed by atoms with Gasteiger partial charge in [0.15, 0.2) is 0 Å². The van der Waals surface area contributed by atoms with Crippen LogP contribution in [0, 0.1) is 5.92 Å². The molecule has 0 N–H and O–H groups in total. The molecule has 98 valence electrons. The molecule has 1 aromatic heterocycles. The van der Waals surface area contributed by atoms with Crippen LogP contribution in [0.1, 0.15) is 20.3 Å². The van der Waals surface area contributed by atoms with Crippen molar-refractivity contribution in [3.63, 3.8) is 0 Å². The van der Waals surface area contributed by atoms with E-state index < -0.39 is 0 Å². The van der Waals surface area contributed by atoms with Crippen molar-refractivity contribution in [3.8, 4) is 0 Å². The molecular formula is C14H21N3O. The number of carbonyl (C=O) groups excluding carboxylic acids is 1. The predicted molar refractivity (Wildman–Crippen MR) is 72.5 cm³/mol. The molecule has 1 atom stereocenters. The lowest BCUT2D eigenvalue weighted by atomic mass is 10.1. The van der Waals surface area contributed by atoms with E-state index in [0.717, 1.165) is 32.6 Å². The molecule has 0 spiro atoms. The van der Waals surface area contributed by atoms with Gasteiger partial charge in [-0.25, -0.2) is 0 Å². The molecule has 0 saturated carbocycles. The number of piperazine rings is 1. The van der Waals surface area contributed by atoms with Gasteiger partial charge >= 0.3 is 0 Å². The average molecular weight is 247 g/mol. The predicted octanol–water partition coefficient (Wildman–Crippen LogP) is 1.78.